The molecule has 0 spiro atoms. The Morgan fingerprint density at radius 3 is 3.17 bits per heavy atom. The van der Waals surface area contributed by atoms with E-state index in [1.807, 2.05) is 12.5 Å². The van der Waals surface area contributed by atoms with Gasteiger partial charge in [0.25, 0.3) is 0 Å². The molecule has 1 aromatic heterocycles. The van der Waals surface area contributed by atoms with Crippen LogP contribution in [0.5, 0.6) is 0 Å². The molecule has 3 rings (SSSR count). The van der Waals surface area contributed by atoms with Gasteiger partial charge in [0.1, 0.15) is 0 Å². The molecule has 3 unspecified atom stereocenters. The summed E-state index contributed by atoms with van der Waals surface area (Å²) in [5, 5.41) is 3.46. The van der Waals surface area contributed by atoms with Gasteiger partial charge in [-0.25, -0.2) is 4.98 Å². The summed E-state index contributed by atoms with van der Waals surface area (Å²) in [6.07, 6.45) is 6.80. The lowest BCUT2D eigenvalue weighted by atomic mass is 9.86. The van der Waals surface area contributed by atoms with Crippen LogP contribution in [0.4, 0.5) is 0 Å². The monoisotopic (exact) mass is 249 g/mol. The van der Waals surface area contributed by atoms with Crippen LogP contribution in [0.15, 0.2) is 12.5 Å². The SMILES string of the molecule is CC1OCCC1Cn1cncc1C1(C)CCNC1. The highest BCUT2D eigenvalue weighted by atomic mass is 16.5. The summed E-state index contributed by atoms with van der Waals surface area (Å²) in [4.78, 5) is 4.37. The first-order valence-electron chi connectivity index (χ1n) is 7.02. The largest absolute Gasteiger partial charge is 0.378 e. The van der Waals surface area contributed by atoms with Gasteiger partial charge in [-0.1, -0.05) is 6.92 Å². The Balaban J connectivity index is 1.79. The third kappa shape index (κ3) is 2.08. The molecule has 0 aromatic carbocycles. The summed E-state index contributed by atoms with van der Waals surface area (Å²) in [5.41, 5.74) is 1.63. The number of hydrogen-bond acceptors (Lipinski definition) is 3. The maximum atomic E-state index is 5.66. The molecule has 2 fully saturated rings. The zero-order valence-electron chi connectivity index (χ0n) is 11.4. The Bertz CT molecular complexity index is 409. The molecule has 3 heterocycles. The predicted octanol–water partition coefficient (Wildman–Crippen LogP) is 1.56. The maximum Gasteiger partial charge on any atom is 0.0948 e. The van der Waals surface area contributed by atoms with Crippen molar-refractivity contribution in [2.75, 3.05) is 19.7 Å². The first-order chi connectivity index (χ1) is 8.69. The van der Waals surface area contributed by atoms with E-state index in [0.29, 0.717) is 12.0 Å². The van der Waals surface area contributed by atoms with E-state index in [0.717, 1.165) is 26.2 Å². The van der Waals surface area contributed by atoms with E-state index in [1.165, 1.54) is 18.5 Å². The lowest BCUT2D eigenvalue weighted by Crippen LogP contribution is -2.29. The number of nitrogens with zero attached hydrogens (tertiary/aromatic N) is 2. The zero-order chi connectivity index (χ0) is 12.6. The molecule has 2 aliphatic heterocycles. The lowest BCUT2D eigenvalue weighted by molar-refractivity contribution is 0.101. The van der Waals surface area contributed by atoms with E-state index in [-0.39, 0.29) is 5.41 Å². The van der Waals surface area contributed by atoms with E-state index in [4.69, 9.17) is 4.74 Å². The van der Waals surface area contributed by atoms with Gasteiger partial charge < -0.3 is 14.6 Å². The molecule has 0 saturated carbocycles. The second kappa shape index (κ2) is 4.67. The van der Waals surface area contributed by atoms with E-state index in [9.17, 15) is 0 Å². The van der Waals surface area contributed by atoms with Gasteiger partial charge in [0.2, 0.25) is 0 Å². The molecule has 2 saturated heterocycles. The van der Waals surface area contributed by atoms with Gasteiger partial charge >= 0.3 is 0 Å². The number of rotatable bonds is 3. The molecule has 4 nitrogen and oxygen atoms in total. The van der Waals surface area contributed by atoms with Crippen LogP contribution in [0.1, 0.15) is 32.4 Å². The van der Waals surface area contributed by atoms with Crippen molar-refractivity contribution in [2.24, 2.45) is 5.92 Å². The smallest absolute Gasteiger partial charge is 0.0948 e. The first-order valence-corrected chi connectivity index (χ1v) is 7.02. The van der Waals surface area contributed by atoms with Gasteiger partial charge in [-0.05, 0) is 26.3 Å². The number of imidazole rings is 1. The van der Waals surface area contributed by atoms with Crippen LogP contribution >= 0.6 is 0 Å². The van der Waals surface area contributed by atoms with Crippen LogP contribution in [-0.4, -0.2) is 35.4 Å². The average Bonchev–Trinajstić information content (AvgIpc) is 3.03. The zero-order valence-corrected chi connectivity index (χ0v) is 11.4. The van der Waals surface area contributed by atoms with Crippen LogP contribution < -0.4 is 5.32 Å². The van der Waals surface area contributed by atoms with Gasteiger partial charge in [-0.2, -0.15) is 0 Å². The minimum atomic E-state index is 0.249. The highest BCUT2D eigenvalue weighted by molar-refractivity contribution is 5.17. The van der Waals surface area contributed by atoms with Crippen LogP contribution in [0.2, 0.25) is 0 Å². The number of hydrogen-bond donors (Lipinski definition) is 1. The maximum absolute atomic E-state index is 5.66. The third-order valence-electron chi connectivity index (χ3n) is 4.66. The molecule has 18 heavy (non-hydrogen) atoms. The van der Waals surface area contributed by atoms with E-state index < -0.39 is 0 Å². The molecule has 0 aliphatic carbocycles. The van der Waals surface area contributed by atoms with E-state index >= 15 is 0 Å². The molecule has 0 radical (unpaired) electrons. The van der Waals surface area contributed by atoms with Crippen molar-refractivity contribution in [3.63, 3.8) is 0 Å². The fourth-order valence-corrected chi connectivity index (χ4v) is 3.27. The fourth-order valence-electron chi connectivity index (χ4n) is 3.27. The van der Waals surface area contributed by atoms with Crippen molar-refractivity contribution >= 4 is 0 Å². The standard InChI is InChI=1S/C14H23N3O/c1-11-12(3-6-18-11)8-17-10-16-7-13(17)14(2)4-5-15-9-14/h7,10-12,15H,3-6,8-9H2,1-2H3. The van der Waals surface area contributed by atoms with Crippen LogP contribution in [0.25, 0.3) is 0 Å². The van der Waals surface area contributed by atoms with Crippen molar-refractivity contribution in [3.05, 3.63) is 18.2 Å². The van der Waals surface area contributed by atoms with Crippen molar-refractivity contribution in [2.45, 2.75) is 44.8 Å². The Morgan fingerprint density at radius 2 is 2.50 bits per heavy atom. The normalized spacial score (nSPS) is 36.3. The Labute approximate surface area is 109 Å². The molecule has 1 N–H and O–H groups in total. The van der Waals surface area contributed by atoms with Crippen molar-refractivity contribution in [1.82, 2.24) is 14.9 Å². The number of aromatic nitrogens is 2. The molecule has 0 bridgehead atoms. The number of ether oxygens (including phenoxy) is 1. The molecule has 4 heteroatoms. The summed E-state index contributed by atoms with van der Waals surface area (Å²) in [6.45, 7) is 8.67. The fraction of sp³-hybridized carbons (Fsp3) is 0.786. The molecule has 100 valence electrons. The van der Waals surface area contributed by atoms with Crippen molar-refractivity contribution in [1.29, 1.82) is 0 Å². The molecular formula is C14H23N3O. The van der Waals surface area contributed by atoms with E-state index in [2.05, 4.69) is 28.7 Å². The van der Waals surface area contributed by atoms with Gasteiger partial charge in [-0.15, -0.1) is 0 Å². The summed E-state index contributed by atoms with van der Waals surface area (Å²) in [7, 11) is 0. The first kappa shape index (κ1) is 12.2. The molecule has 2 aliphatic rings. The molecule has 3 atom stereocenters. The molecular weight excluding hydrogens is 226 g/mol. The summed E-state index contributed by atoms with van der Waals surface area (Å²) < 4.78 is 8.01. The van der Waals surface area contributed by atoms with Crippen LogP contribution in [0.3, 0.4) is 0 Å². The Morgan fingerprint density at radius 1 is 1.61 bits per heavy atom. The summed E-state index contributed by atoms with van der Waals surface area (Å²) in [5.74, 6) is 0.635. The average molecular weight is 249 g/mol. The van der Waals surface area contributed by atoms with E-state index in [1.54, 1.807) is 0 Å². The second-order valence-electron chi connectivity index (χ2n) is 6.04. The van der Waals surface area contributed by atoms with Crippen LogP contribution in [-0.2, 0) is 16.7 Å². The van der Waals surface area contributed by atoms with Gasteiger partial charge in [-0.3, -0.25) is 0 Å². The minimum absolute atomic E-state index is 0.249. The topological polar surface area (TPSA) is 39.1 Å². The quantitative estimate of drug-likeness (QED) is 0.883. The van der Waals surface area contributed by atoms with Crippen LogP contribution in [0, 0.1) is 5.92 Å². The van der Waals surface area contributed by atoms with Gasteiger partial charge in [0, 0.05) is 42.9 Å². The molecule has 1 aromatic rings. The highest BCUT2D eigenvalue weighted by Crippen LogP contribution is 2.31. The second-order valence-corrected chi connectivity index (χ2v) is 6.04. The van der Waals surface area contributed by atoms with Crippen molar-refractivity contribution in [3.8, 4) is 0 Å². The third-order valence-corrected chi connectivity index (χ3v) is 4.66. The lowest BCUT2D eigenvalue weighted by Gasteiger charge is -2.26. The number of nitrogens with one attached hydrogen (secondary N) is 1. The van der Waals surface area contributed by atoms with Gasteiger partial charge in [0.15, 0.2) is 0 Å². The summed E-state index contributed by atoms with van der Waals surface area (Å²) >= 11 is 0. The minimum Gasteiger partial charge on any atom is -0.378 e. The Hall–Kier alpha value is -0.870. The molecule has 0 amide bonds. The van der Waals surface area contributed by atoms with Crippen molar-refractivity contribution < 1.29 is 4.74 Å². The van der Waals surface area contributed by atoms with Gasteiger partial charge in [0.05, 0.1) is 12.4 Å². The predicted molar refractivity (Wildman–Crippen MR) is 70.6 cm³/mol. The highest BCUT2D eigenvalue weighted by Gasteiger charge is 2.34. The summed E-state index contributed by atoms with van der Waals surface area (Å²) in [6, 6.07) is 0. The Kier molecular flexibility index (Phi) is 3.16.